The number of carbonyl (C=O) groups excluding carboxylic acids is 4. The maximum Gasteiger partial charge on any atom is 0.253 e. The number of hydrogen-bond acceptors (Lipinski definition) is 6. The van der Waals surface area contributed by atoms with Gasteiger partial charge in [-0.15, -0.1) is 0 Å². The van der Waals surface area contributed by atoms with Gasteiger partial charge in [-0.1, -0.05) is 71.8 Å². The van der Waals surface area contributed by atoms with Crippen LogP contribution in [0.2, 0.25) is 0 Å². The molecule has 4 saturated heterocycles. The molecule has 8 nitrogen and oxygen atoms in total. The molecule has 0 N–H and O–H groups in total. The van der Waals surface area contributed by atoms with Crippen LogP contribution in [0.1, 0.15) is 34.3 Å². The second-order valence-corrected chi connectivity index (χ2v) is 12.4. The SMILES string of the molecule is Cc1ccc(C2C3C(=O)N(c4cccc(F)c4)C(=O)C3N3C(c4ccc(C)cc4)C4C(=O)N(c5cccc(F)c5)C(=O)C4N23)cc1. The Bertz CT molecular complexity index is 1810. The first-order valence-electron chi connectivity index (χ1n) is 15.1. The van der Waals surface area contributed by atoms with Gasteiger partial charge in [0.1, 0.15) is 23.7 Å². The third-order valence-corrected chi connectivity index (χ3v) is 9.70. The van der Waals surface area contributed by atoms with Crippen LogP contribution >= 0.6 is 0 Å². The highest BCUT2D eigenvalue weighted by Gasteiger charge is 2.73. The molecule has 6 atom stereocenters. The van der Waals surface area contributed by atoms with Crippen LogP contribution in [-0.2, 0) is 19.2 Å². The van der Waals surface area contributed by atoms with Crippen LogP contribution in [0.5, 0.6) is 0 Å². The third-order valence-electron chi connectivity index (χ3n) is 9.70. The van der Waals surface area contributed by atoms with Crippen LogP contribution in [0.3, 0.4) is 0 Å². The van der Waals surface area contributed by atoms with E-state index >= 15 is 0 Å². The number of benzene rings is 4. The Morgan fingerprint density at radius 2 is 0.848 bits per heavy atom. The minimum Gasteiger partial charge on any atom is -0.274 e. The molecule has 4 aromatic carbocycles. The number of amides is 4. The number of halogens is 2. The molecule has 0 radical (unpaired) electrons. The van der Waals surface area contributed by atoms with E-state index in [1.807, 2.05) is 62.4 Å². The fourth-order valence-electron chi connectivity index (χ4n) is 7.76. The van der Waals surface area contributed by atoms with E-state index in [1.54, 1.807) is 10.0 Å². The van der Waals surface area contributed by atoms with Crippen molar-refractivity contribution in [2.45, 2.75) is 38.0 Å². The highest BCUT2D eigenvalue weighted by atomic mass is 19.1. The normalized spacial score (nSPS) is 27.5. The number of rotatable bonds is 4. The van der Waals surface area contributed by atoms with Gasteiger partial charge in [-0.2, -0.15) is 0 Å². The summed E-state index contributed by atoms with van der Waals surface area (Å²) in [5.41, 5.74) is 3.58. The number of fused-ring (bicyclic) bond motifs is 5. The highest BCUT2D eigenvalue weighted by molar-refractivity contribution is 6.26. The monoisotopic (exact) mass is 618 g/mol. The Morgan fingerprint density at radius 3 is 1.20 bits per heavy atom. The Balaban J connectivity index is 1.33. The summed E-state index contributed by atoms with van der Waals surface area (Å²) in [6.45, 7) is 3.86. The molecule has 4 amide bonds. The van der Waals surface area contributed by atoms with E-state index in [0.29, 0.717) is 11.1 Å². The first-order valence-corrected chi connectivity index (χ1v) is 15.1. The Hall–Kier alpha value is -5.06. The summed E-state index contributed by atoms with van der Waals surface area (Å²) in [4.78, 5) is 59.6. The molecule has 4 fully saturated rings. The lowest BCUT2D eigenvalue weighted by Crippen LogP contribution is -2.50. The van der Waals surface area contributed by atoms with Gasteiger partial charge in [-0.3, -0.25) is 19.2 Å². The van der Waals surface area contributed by atoms with Crippen molar-refractivity contribution in [3.8, 4) is 0 Å². The number of imide groups is 2. The summed E-state index contributed by atoms with van der Waals surface area (Å²) >= 11 is 0. The summed E-state index contributed by atoms with van der Waals surface area (Å²) in [5, 5.41) is 3.51. The molecule has 4 aliphatic rings. The number of hydrogen-bond donors (Lipinski definition) is 0. The van der Waals surface area contributed by atoms with Crippen molar-refractivity contribution >= 4 is 35.0 Å². The summed E-state index contributed by atoms with van der Waals surface area (Å²) < 4.78 is 28.7. The van der Waals surface area contributed by atoms with Crippen molar-refractivity contribution < 1.29 is 28.0 Å². The minimum absolute atomic E-state index is 0.120. The maximum atomic E-state index is 14.4. The number of nitrogens with zero attached hydrogens (tertiary/aromatic N) is 4. The standard InChI is InChI=1S/C36H28F2N4O4/c1-19-9-13-21(14-10-19)29-27-31(35(45)39(33(27)43)25-7-3-5-23(37)17-25)42-30(22-15-11-20(2)12-16-22)28-32(41(29)42)36(46)40(34(28)44)26-8-4-6-24(38)18-26/h3-18,27-32H,1-2H3. The molecule has 0 saturated carbocycles. The van der Waals surface area contributed by atoms with Gasteiger partial charge in [0.2, 0.25) is 11.8 Å². The molecule has 0 spiro atoms. The van der Waals surface area contributed by atoms with E-state index in [4.69, 9.17) is 0 Å². The topological polar surface area (TPSA) is 81.2 Å². The lowest BCUT2D eigenvalue weighted by molar-refractivity contribution is -0.136. The van der Waals surface area contributed by atoms with Gasteiger partial charge in [0.15, 0.2) is 0 Å². The van der Waals surface area contributed by atoms with E-state index in [2.05, 4.69) is 0 Å². The van der Waals surface area contributed by atoms with Crippen molar-refractivity contribution in [3.05, 3.63) is 131 Å². The number of anilines is 2. The number of carbonyl (C=O) groups is 4. The summed E-state index contributed by atoms with van der Waals surface area (Å²) in [7, 11) is 0. The van der Waals surface area contributed by atoms with Crippen LogP contribution in [0.4, 0.5) is 20.2 Å². The molecular weight excluding hydrogens is 590 g/mol. The Labute approximate surface area is 263 Å². The summed E-state index contributed by atoms with van der Waals surface area (Å²) in [6, 6.07) is 22.0. The van der Waals surface area contributed by atoms with E-state index in [9.17, 15) is 28.0 Å². The van der Waals surface area contributed by atoms with E-state index in [1.165, 1.54) is 36.4 Å². The first-order chi connectivity index (χ1) is 22.2. The first kappa shape index (κ1) is 28.4. The zero-order valence-corrected chi connectivity index (χ0v) is 24.9. The molecule has 230 valence electrons. The Kier molecular flexibility index (Phi) is 6.32. The van der Waals surface area contributed by atoms with E-state index < -0.39 is 71.3 Å². The average molecular weight is 619 g/mol. The molecular formula is C36H28F2N4O4. The van der Waals surface area contributed by atoms with Crippen molar-refractivity contribution in [2.75, 3.05) is 9.80 Å². The molecule has 0 aromatic heterocycles. The molecule has 0 bridgehead atoms. The van der Waals surface area contributed by atoms with Gasteiger partial charge < -0.3 is 0 Å². The van der Waals surface area contributed by atoms with E-state index in [0.717, 1.165) is 33.1 Å². The average Bonchev–Trinajstić information content (AvgIpc) is 3.69. The van der Waals surface area contributed by atoms with E-state index in [-0.39, 0.29) is 11.4 Å². The van der Waals surface area contributed by atoms with Crippen LogP contribution in [-0.4, -0.2) is 45.7 Å². The van der Waals surface area contributed by atoms with Crippen molar-refractivity contribution in [1.29, 1.82) is 0 Å². The molecule has 10 heteroatoms. The van der Waals surface area contributed by atoms with Gasteiger partial charge in [0.25, 0.3) is 11.8 Å². The molecule has 4 heterocycles. The zero-order chi connectivity index (χ0) is 32.0. The summed E-state index contributed by atoms with van der Waals surface area (Å²) in [5.74, 6) is -5.24. The van der Waals surface area contributed by atoms with Crippen LogP contribution in [0, 0.1) is 37.3 Å². The van der Waals surface area contributed by atoms with Gasteiger partial charge in [0.05, 0.1) is 35.3 Å². The maximum absolute atomic E-state index is 14.4. The van der Waals surface area contributed by atoms with Crippen LogP contribution in [0.15, 0.2) is 97.1 Å². The predicted octanol–water partition coefficient (Wildman–Crippen LogP) is 5.03. The molecule has 4 aliphatic heterocycles. The molecule has 46 heavy (non-hydrogen) atoms. The third kappa shape index (κ3) is 3.96. The highest BCUT2D eigenvalue weighted by Crippen LogP contribution is 2.59. The lowest BCUT2D eigenvalue weighted by Gasteiger charge is -2.35. The molecule has 4 aromatic rings. The zero-order valence-electron chi connectivity index (χ0n) is 24.9. The number of aryl methyl sites for hydroxylation is 2. The van der Waals surface area contributed by atoms with Gasteiger partial charge >= 0.3 is 0 Å². The Morgan fingerprint density at radius 1 is 0.478 bits per heavy atom. The minimum atomic E-state index is -1.07. The fraction of sp³-hybridized carbons (Fsp3) is 0.222. The van der Waals surface area contributed by atoms with Gasteiger partial charge in [-0.05, 0) is 61.4 Å². The largest absolute Gasteiger partial charge is 0.274 e. The molecule has 0 aliphatic carbocycles. The quantitative estimate of drug-likeness (QED) is 0.299. The van der Waals surface area contributed by atoms with Crippen molar-refractivity contribution in [3.63, 3.8) is 0 Å². The smallest absolute Gasteiger partial charge is 0.253 e. The fourth-order valence-corrected chi connectivity index (χ4v) is 7.76. The number of hydrazine groups is 1. The van der Waals surface area contributed by atoms with Gasteiger partial charge in [0, 0.05) is 0 Å². The van der Waals surface area contributed by atoms with Crippen LogP contribution in [0.25, 0.3) is 0 Å². The van der Waals surface area contributed by atoms with Crippen LogP contribution < -0.4 is 9.80 Å². The lowest BCUT2D eigenvalue weighted by atomic mass is 9.84. The molecule has 6 unspecified atom stereocenters. The second kappa shape index (κ2) is 10.2. The van der Waals surface area contributed by atoms with Gasteiger partial charge in [-0.25, -0.2) is 28.6 Å². The second-order valence-electron chi connectivity index (χ2n) is 12.4. The van der Waals surface area contributed by atoms with Crippen molar-refractivity contribution in [2.24, 2.45) is 11.8 Å². The molecule has 8 rings (SSSR count). The predicted molar refractivity (Wildman–Crippen MR) is 164 cm³/mol. The van der Waals surface area contributed by atoms with Crippen molar-refractivity contribution in [1.82, 2.24) is 10.0 Å². The summed E-state index contributed by atoms with van der Waals surface area (Å²) in [6.07, 6.45) is 0.